The Hall–Kier alpha value is -1.78. The van der Waals surface area contributed by atoms with Crippen LogP contribution >= 0.6 is 0 Å². The van der Waals surface area contributed by atoms with E-state index in [0.29, 0.717) is 13.1 Å². The first-order valence-corrected chi connectivity index (χ1v) is 11.5. The van der Waals surface area contributed by atoms with Crippen molar-refractivity contribution in [2.24, 2.45) is 0 Å². The van der Waals surface area contributed by atoms with Crippen LogP contribution in [0.1, 0.15) is 11.1 Å². The van der Waals surface area contributed by atoms with Gasteiger partial charge in [0.1, 0.15) is 0 Å². The molecule has 2 rings (SSSR count). The van der Waals surface area contributed by atoms with E-state index in [0.717, 1.165) is 11.1 Å². The Bertz CT molecular complexity index is 887. The van der Waals surface area contributed by atoms with Gasteiger partial charge in [0, 0.05) is 13.1 Å². The molecule has 0 atom stereocenters. The minimum Gasteiger partial charge on any atom is -0.302 e. The van der Waals surface area contributed by atoms with Gasteiger partial charge in [-0.25, -0.2) is 0 Å². The zero-order valence-corrected chi connectivity index (χ0v) is 17.8. The molecule has 2 aromatic carbocycles. The van der Waals surface area contributed by atoms with Crippen molar-refractivity contribution in [1.29, 1.82) is 0 Å². The van der Waals surface area contributed by atoms with Gasteiger partial charge in [0.25, 0.3) is 20.2 Å². The van der Waals surface area contributed by atoms with Crippen molar-refractivity contribution >= 4 is 20.2 Å². The van der Waals surface area contributed by atoms with Crippen LogP contribution in [0, 0.1) is 13.8 Å². The number of likely N-dealkylation sites (N-methyl/N-ethyl adjacent to an activating group) is 1. The summed E-state index contributed by atoms with van der Waals surface area (Å²) in [6.45, 7) is 4.26. The maximum Gasteiger partial charge on any atom is 0.297 e. The first-order valence-electron chi connectivity index (χ1n) is 8.71. The molecule has 0 radical (unpaired) electrons. The molecule has 0 saturated heterocycles. The van der Waals surface area contributed by atoms with Gasteiger partial charge in [-0.05, 0) is 45.2 Å². The van der Waals surface area contributed by atoms with Crippen molar-refractivity contribution in [2.75, 3.05) is 33.4 Å². The summed E-state index contributed by atoms with van der Waals surface area (Å²) in [6, 6.07) is 12.8. The van der Waals surface area contributed by atoms with Crippen LogP contribution in [-0.2, 0) is 28.6 Å². The second-order valence-corrected chi connectivity index (χ2v) is 9.71. The fourth-order valence-corrected chi connectivity index (χ4v) is 4.06. The van der Waals surface area contributed by atoms with Gasteiger partial charge in [0.15, 0.2) is 0 Å². The molecule has 0 aliphatic carbocycles. The van der Waals surface area contributed by atoms with Crippen molar-refractivity contribution in [3.8, 4) is 0 Å². The summed E-state index contributed by atoms with van der Waals surface area (Å²) in [5.74, 6) is 0. The molecule has 0 aliphatic heterocycles. The van der Waals surface area contributed by atoms with E-state index in [9.17, 15) is 16.8 Å². The van der Waals surface area contributed by atoms with Crippen LogP contribution in [0.3, 0.4) is 0 Å². The van der Waals surface area contributed by atoms with Gasteiger partial charge in [-0.1, -0.05) is 35.4 Å². The molecule has 0 fully saturated rings. The van der Waals surface area contributed by atoms with E-state index in [4.69, 9.17) is 8.37 Å². The topological polar surface area (TPSA) is 90.0 Å². The fraction of sp³-hybridized carbons (Fsp3) is 0.368. The van der Waals surface area contributed by atoms with E-state index < -0.39 is 20.2 Å². The largest absolute Gasteiger partial charge is 0.302 e. The summed E-state index contributed by atoms with van der Waals surface area (Å²) in [5, 5.41) is 0. The lowest BCUT2D eigenvalue weighted by molar-refractivity contribution is 0.207. The smallest absolute Gasteiger partial charge is 0.297 e. The van der Waals surface area contributed by atoms with Crippen LogP contribution in [0.25, 0.3) is 0 Å². The van der Waals surface area contributed by atoms with Gasteiger partial charge >= 0.3 is 0 Å². The number of hydrogen-bond acceptors (Lipinski definition) is 7. The first kappa shape index (κ1) is 22.5. The van der Waals surface area contributed by atoms with Crippen LogP contribution in [0.4, 0.5) is 0 Å². The van der Waals surface area contributed by atoms with Crippen LogP contribution < -0.4 is 0 Å². The average molecular weight is 428 g/mol. The molecule has 0 heterocycles. The lowest BCUT2D eigenvalue weighted by Crippen LogP contribution is -2.28. The minimum absolute atomic E-state index is 0.0442. The fourth-order valence-electron chi connectivity index (χ4n) is 2.26. The van der Waals surface area contributed by atoms with Crippen LogP contribution in [-0.4, -0.2) is 55.1 Å². The summed E-state index contributed by atoms with van der Waals surface area (Å²) in [6.07, 6.45) is 0. The van der Waals surface area contributed by atoms with Gasteiger partial charge in [-0.2, -0.15) is 16.8 Å². The van der Waals surface area contributed by atoms with E-state index in [-0.39, 0.29) is 23.0 Å². The maximum absolute atomic E-state index is 12.1. The third kappa shape index (κ3) is 6.68. The lowest BCUT2D eigenvalue weighted by Gasteiger charge is -2.16. The highest BCUT2D eigenvalue weighted by Gasteiger charge is 2.16. The molecular weight excluding hydrogens is 402 g/mol. The molecule has 0 unspecified atom stereocenters. The highest BCUT2D eigenvalue weighted by molar-refractivity contribution is 7.87. The lowest BCUT2D eigenvalue weighted by atomic mass is 10.2. The Morgan fingerprint density at radius 2 is 1.00 bits per heavy atom. The van der Waals surface area contributed by atoms with Crippen molar-refractivity contribution < 1.29 is 25.2 Å². The van der Waals surface area contributed by atoms with E-state index >= 15 is 0 Å². The molecule has 9 heteroatoms. The number of benzene rings is 2. The van der Waals surface area contributed by atoms with Gasteiger partial charge < -0.3 is 4.90 Å². The molecule has 28 heavy (non-hydrogen) atoms. The second-order valence-electron chi connectivity index (χ2n) is 6.48. The van der Waals surface area contributed by atoms with Gasteiger partial charge in [0.05, 0.1) is 23.0 Å². The third-order valence-electron chi connectivity index (χ3n) is 4.04. The van der Waals surface area contributed by atoms with Crippen molar-refractivity contribution in [3.63, 3.8) is 0 Å². The van der Waals surface area contributed by atoms with E-state index in [1.807, 2.05) is 13.8 Å². The predicted molar refractivity (Wildman–Crippen MR) is 106 cm³/mol. The SMILES string of the molecule is Cc1ccc(S(=O)(=O)OCCN(C)CCOS(=O)(=O)c2ccc(C)cc2)cc1. The highest BCUT2D eigenvalue weighted by atomic mass is 32.2. The second kappa shape index (κ2) is 9.62. The van der Waals surface area contributed by atoms with E-state index in [1.165, 1.54) is 24.3 Å². The van der Waals surface area contributed by atoms with Crippen LogP contribution in [0.5, 0.6) is 0 Å². The first-order chi connectivity index (χ1) is 13.1. The van der Waals surface area contributed by atoms with Gasteiger partial charge in [0.2, 0.25) is 0 Å². The number of nitrogens with zero attached hydrogens (tertiary/aromatic N) is 1. The summed E-state index contributed by atoms with van der Waals surface area (Å²) >= 11 is 0. The molecule has 0 saturated carbocycles. The Morgan fingerprint density at radius 1 is 0.679 bits per heavy atom. The predicted octanol–water partition coefficient (Wildman–Crippen LogP) is 2.35. The molecular formula is C19H25NO6S2. The summed E-state index contributed by atoms with van der Waals surface area (Å²) in [5.41, 5.74) is 1.92. The van der Waals surface area contributed by atoms with Gasteiger partial charge in [-0.15, -0.1) is 0 Å². The summed E-state index contributed by atoms with van der Waals surface area (Å²) < 4.78 is 58.5. The van der Waals surface area contributed by atoms with Crippen molar-refractivity contribution in [2.45, 2.75) is 23.6 Å². The Kier molecular flexibility index (Phi) is 7.73. The van der Waals surface area contributed by atoms with Crippen LogP contribution in [0.15, 0.2) is 58.3 Å². The van der Waals surface area contributed by atoms with Crippen LogP contribution in [0.2, 0.25) is 0 Å². The Morgan fingerprint density at radius 3 is 1.32 bits per heavy atom. The molecule has 0 aromatic heterocycles. The monoisotopic (exact) mass is 427 g/mol. The highest BCUT2D eigenvalue weighted by Crippen LogP contribution is 2.14. The average Bonchev–Trinajstić information content (AvgIpc) is 2.62. The molecule has 0 amide bonds. The maximum atomic E-state index is 12.1. The summed E-state index contributed by atoms with van der Waals surface area (Å²) in [7, 11) is -5.89. The Labute approximate surface area is 167 Å². The number of hydrogen-bond donors (Lipinski definition) is 0. The molecule has 7 nitrogen and oxygen atoms in total. The van der Waals surface area contributed by atoms with Gasteiger partial charge in [-0.3, -0.25) is 8.37 Å². The zero-order valence-electron chi connectivity index (χ0n) is 16.2. The summed E-state index contributed by atoms with van der Waals surface area (Å²) in [4.78, 5) is 1.94. The minimum atomic E-state index is -3.81. The Balaban J connectivity index is 1.76. The molecule has 0 N–H and O–H groups in total. The van der Waals surface area contributed by atoms with E-state index in [1.54, 1.807) is 36.2 Å². The normalized spacial score (nSPS) is 12.4. The standard InChI is InChI=1S/C19H25NO6S2/c1-16-4-8-18(9-5-16)27(21,22)25-14-12-20(3)13-15-26-28(23,24)19-10-6-17(2)7-11-19/h4-11H,12-15H2,1-3H3. The van der Waals surface area contributed by atoms with Crippen molar-refractivity contribution in [3.05, 3.63) is 59.7 Å². The van der Waals surface area contributed by atoms with Crippen molar-refractivity contribution in [1.82, 2.24) is 4.90 Å². The molecule has 0 spiro atoms. The zero-order chi connectivity index (χ0) is 20.8. The van der Waals surface area contributed by atoms with E-state index in [2.05, 4.69) is 0 Å². The third-order valence-corrected chi connectivity index (χ3v) is 6.70. The number of aryl methyl sites for hydroxylation is 2. The molecule has 0 bridgehead atoms. The molecule has 2 aromatic rings. The number of rotatable bonds is 10. The molecule has 154 valence electrons. The molecule has 0 aliphatic rings. The quantitative estimate of drug-likeness (QED) is 0.538.